The molecule has 220 valence electrons. The number of sulfonamides is 1. The number of rotatable bonds is 9. The maximum atomic E-state index is 14.7. The molecule has 4 aromatic rings. The molecule has 0 spiro atoms. The molecule has 1 aliphatic heterocycles. The first-order valence-corrected chi connectivity index (χ1v) is 15.5. The van der Waals surface area contributed by atoms with Crippen LogP contribution in [-0.2, 0) is 27.8 Å². The molecule has 1 heterocycles. The molecule has 0 saturated carbocycles. The van der Waals surface area contributed by atoms with Crippen molar-refractivity contribution in [2.45, 2.75) is 25.0 Å². The smallest absolute Gasteiger partial charge is 0.242 e. The third-order valence-corrected chi connectivity index (χ3v) is 8.95. The number of carbonyl (C=O) groups excluding carboxylic acids is 1. The van der Waals surface area contributed by atoms with E-state index < -0.39 is 22.1 Å². The summed E-state index contributed by atoms with van der Waals surface area (Å²) >= 11 is 0. The first kappa shape index (κ1) is 29.9. The van der Waals surface area contributed by atoms with Crippen LogP contribution in [0, 0.1) is 5.82 Å². The summed E-state index contributed by atoms with van der Waals surface area (Å²) in [5.41, 5.74) is 3.13. The number of carbonyl (C=O) groups is 1. The fraction of sp³-hybridized carbons (Fsp3) is 0.171. The second-order valence-electron chi connectivity index (χ2n) is 10.3. The third kappa shape index (κ3) is 7.46. The van der Waals surface area contributed by atoms with E-state index in [2.05, 4.69) is 0 Å². The summed E-state index contributed by atoms with van der Waals surface area (Å²) in [6.07, 6.45) is 5.37. The van der Waals surface area contributed by atoms with E-state index in [1.165, 1.54) is 22.5 Å². The quantitative estimate of drug-likeness (QED) is 0.210. The Hall–Kier alpha value is -4.53. The molecule has 2 atom stereocenters. The van der Waals surface area contributed by atoms with Crippen LogP contribution < -0.4 is 4.74 Å². The van der Waals surface area contributed by atoms with Gasteiger partial charge in [0.15, 0.2) is 0 Å². The van der Waals surface area contributed by atoms with Gasteiger partial charge in [-0.1, -0.05) is 97.1 Å². The van der Waals surface area contributed by atoms with Crippen molar-refractivity contribution < 1.29 is 22.3 Å². The van der Waals surface area contributed by atoms with Gasteiger partial charge in [0, 0.05) is 18.5 Å². The largest absolute Gasteiger partial charge is 0.497 e. The van der Waals surface area contributed by atoms with Gasteiger partial charge in [-0.05, 0) is 59.0 Å². The van der Waals surface area contributed by atoms with Gasteiger partial charge in [0.1, 0.15) is 17.6 Å². The van der Waals surface area contributed by atoms with Crippen LogP contribution in [-0.4, -0.2) is 43.2 Å². The topological polar surface area (TPSA) is 66.9 Å². The molecule has 1 aliphatic rings. The van der Waals surface area contributed by atoms with Crippen LogP contribution in [0.5, 0.6) is 5.75 Å². The number of methoxy groups -OCH3 is 1. The van der Waals surface area contributed by atoms with E-state index in [0.717, 1.165) is 27.7 Å². The van der Waals surface area contributed by atoms with Gasteiger partial charge in [-0.2, -0.15) is 4.31 Å². The second-order valence-corrected chi connectivity index (χ2v) is 12.0. The summed E-state index contributed by atoms with van der Waals surface area (Å²) in [6, 6.07) is 30.5. The summed E-state index contributed by atoms with van der Waals surface area (Å²) in [6.45, 7) is 0.168. The Balaban J connectivity index is 1.59. The summed E-state index contributed by atoms with van der Waals surface area (Å²) in [5, 5.41) is 1.16. The molecule has 0 fully saturated rings. The lowest BCUT2D eigenvalue weighted by atomic mass is 9.98. The second kappa shape index (κ2) is 13.6. The van der Waals surface area contributed by atoms with E-state index in [1.54, 1.807) is 30.2 Å². The number of hydrogen-bond acceptors (Lipinski definition) is 4. The summed E-state index contributed by atoms with van der Waals surface area (Å²) in [7, 11) is -2.44. The molecule has 5 rings (SSSR count). The molecule has 0 N–H and O–H groups in total. The van der Waals surface area contributed by atoms with Crippen LogP contribution >= 0.6 is 0 Å². The van der Waals surface area contributed by atoms with Crippen LogP contribution in [0.3, 0.4) is 0 Å². The van der Waals surface area contributed by atoms with Gasteiger partial charge in [0.25, 0.3) is 0 Å². The summed E-state index contributed by atoms with van der Waals surface area (Å²) < 4.78 is 48.1. The molecule has 0 saturated heterocycles. The number of amides is 1. The van der Waals surface area contributed by atoms with Crippen molar-refractivity contribution in [1.82, 2.24) is 9.21 Å². The van der Waals surface area contributed by atoms with Gasteiger partial charge in [0.2, 0.25) is 15.9 Å². The number of nitrogens with zero attached hydrogens (tertiary/aromatic N) is 2. The molecule has 0 radical (unpaired) electrons. The van der Waals surface area contributed by atoms with Crippen LogP contribution in [0.2, 0.25) is 0 Å². The Morgan fingerprint density at radius 2 is 1.51 bits per heavy atom. The van der Waals surface area contributed by atoms with Crippen molar-refractivity contribution in [2.75, 3.05) is 13.7 Å². The number of halogens is 1. The highest BCUT2D eigenvalue weighted by Crippen LogP contribution is 2.31. The highest BCUT2D eigenvalue weighted by molar-refractivity contribution is 7.92. The maximum absolute atomic E-state index is 14.7. The molecule has 6 nitrogen and oxygen atoms in total. The SMILES string of the molecule is COc1ccc([C@H]2/C=C\CN(S(=O)(=O)/C=C/c3ccccc3)[C@@H](Cc3ccccc3)C(=O)N2Cc2ccc(F)cc2)cc1. The molecule has 1 amide bonds. The zero-order valence-electron chi connectivity index (χ0n) is 23.8. The Kier molecular flexibility index (Phi) is 9.49. The van der Waals surface area contributed by atoms with E-state index in [4.69, 9.17) is 4.74 Å². The minimum absolute atomic E-state index is 0.0156. The minimum atomic E-state index is -4.03. The van der Waals surface area contributed by atoms with Gasteiger partial charge >= 0.3 is 0 Å². The molecule has 0 unspecified atom stereocenters. The average molecular weight is 597 g/mol. The fourth-order valence-corrected chi connectivity index (χ4v) is 6.44. The van der Waals surface area contributed by atoms with Gasteiger partial charge in [-0.3, -0.25) is 4.79 Å². The van der Waals surface area contributed by atoms with E-state index in [1.807, 2.05) is 91.0 Å². The molecule has 0 bridgehead atoms. The fourth-order valence-electron chi connectivity index (χ4n) is 5.15. The average Bonchev–Trinajstić information content (AvgIpc) is 3.03. The molecule has 8 heteroatoms. The Morgan fingerprint density at radius 3 is 2.16 bits per heavy atom. The lowest BCUT2D eigenvalue weighted by Crippen LogP contribution is -2.53. The van der Waals surface area contributed by atoms with Crippen molar-refractivity contribution >= 4 is 22.0 Å². The summed E-state index contributed by atoms with van der Waals surface area (Å²) in [4.78, 5) is 16.3. The predicted octanol–water partition coefficient (Wildman–Crippen LogP) is 6.39. The first-order chi connectivity index (χ1) is 20.8. The van der Waals surface area contributed by atoms with E-state index in [-0.39, 0.29) is 31.2 Å². The predicted molar refractivity (Wildman–Crippen MR) is 167 cm³/mol. The van der Waals surface area contributed by atoms with Crippen molar-refractivity contribution in [1.29, 1.82) is 0 Å². The van der Waals surface area contributed by atoms with Crippen LogP contribution in [0.25, 0.3) is 6.08 Å². The van der Waals surface area contributed by atoms with Crippen LogP contribution in [0.15, 0.2) is 127 Å². The molecule has 0 aromatic heterocycles. The lowest BCUT2D eigenvalue weighted by Gasteiger charge is -2.38. The highest BCUT2D eigenvalue weighted by atomic mass is 32.2. The molecular weight excluding hydrogens is 563 g/mol. The van der Waals surface area contributed by atoms with Crippen molar-refractivity contribution in [2.24, 2.45) is 0 Å². The minimum Gasteiger partial charge on any atom is -0.497 e. The monoisotopic (exact) mass is 596 g/mol. The number of hydrogen-bond donors (Lipinski definition) is 0. The van der Waals surface area contributed by atoms with Gasteiger partial charge in [-0.25, -0.2) is 12.8 Å². The first-order valence-electron chi connectivity index (χ1n) is 14.0. The lowest BCUT2D eigenvalue weighted by molar-refractivity contribution is -0.137. The normalized spacial score (nSPS) is 18.7. The maximum Gasteiger partial charge on any atom is 0.242 e. The van der Waals surface area contributed by atoms with E-state index >= 15 is 0 Å². The van der Waals surface area contributed by atoms with Crippen molar-refractivity contribution in [3.63, 3.8) is 0 Å². The zero-order chi connectivity index (χ0) is 30.2. The van der Waals surface area contributed by atoms with Crippen molar-refractivity contribution in [3.05, 3.63) is 155 Å². The molecule has 0 aliphatic carbocycles. The highest BCUT2D eigenvalue weighted by Gasteiger charge is 2.39. The number of ether oxygens (including phenoxy) is 1. The molecule has 4 aromatic carbocycles. The van der Waals surface area contributed by atoms with Gasteiger partial charge in [-0.15, -0.1) is 0 Å². The van der Waals surface area contributed by atoms with Crippen molar-refractivity contribution in [3.8, 4) is 5.75 Å². The van der Waals surface area contributed by atoms with Gasteiger partial charge < -0.3 is 9.64 Å². The van der Waals surface area contributed by atoms with E-state index in [0.29, 0.717) is 5.75 Å². The Bertz CT molecular complexity index is 1670. The molecule has 43 heavy (non-hydrogen) atoms. The Morgan fingerprint density at radius 1 is 0.860 bits per heavy atom. The van der Waals surface area contributed by atoms with Gasteiger partial charge in [0.05, 0.1) is 13.2 Å². The van der Waals surface area contributed by atoms with Crippen LogP contribution in [0.4, 0.5) is 4.39 Å². The van der Waals surface area contributed by atoms with E-state index in [9.17, 15) is 17.6 Å². The van der Waals surface area contributed by atoms with Crippen LogP contribution in [0.1, 0.15) is 28.3 Å². The summed E-state index contributed by atoms with van der Waals surface area (Å²) in [5.74, 6) is -0.0480. The number of benzene rings is 4. The Labute approximate surface area is 252 Å². The molecular formula is C35H33FN2O4S. The standard InChI is InChI=1S/C35H33FN2O4S/c1-42-32-20-16-30(17-21-32)33-13-8-23-38(43(40,41)24-22-27-9-4-2-5-10-27)34(25-28-11-6-3-7-12-28)35(39)37(33)26-29-14-18-31(36)19-15-29/h2-22,24,33-34H,23,25-26H2,1H3/b13-8-,24-22+/t33-,34+/m1/s1. The third-order valence-electron chi connectivity index (χ3n) is 7.41. The zero-order valence-corrected chi connectivity index (χ0v) is 24.6.